The Morgan fingerprint density at radius 2 is 1.30 bits per heavy atom. The van der Waals surface area contributed by atoms with Crippen LogP contribution in [0, 0.1) is 10.8 Å². The van der Waals surface area contributed by atoms with Gasteiger partial charge in [0.1, 0.15) is 12.2 Å². The molecule has 266 valence electrons. The number of fused-ring (bicyclic) bond motifs is 1. The molecule has 0 aromatic rings. The third-order valence-corrected chi connectivity index (χ3v) is 8.62. The van der Waals surface area contributed by atoms with Crippen LogP contribution in [-0.4, -0.2) is 161 Å². The topological polar surface area (TPSA) is 298 Å². The molecule has 0 saturated carbocycles. The van der Waals surface area contributed by atoms with Crippen molar-refractivity contribution in [2.24, 2.45) is 10.8 Å². The van der Waals surface area contributed by atoms with Crippen LogP contribution >= 0.6 is 11.8 Å². The molecule has 0 radical (unpaired) electrons. The smallest absolute Gasteiger partial charge is 0.550 e. The van der Waals surface area contributed by atoms with Crippen molar-refractivity contribution in [3.05, 3.63) is 0 Å². The number of aliphatic hydroxyl groups excluding tert-OH is 4. The fourth-order valence-corrected chi connectivity index (χ4v) is 5.46. The van der Waals surface area contributed by atoms with E-state index in [0.29, 0.717) is 5.25 Å². The number of carboxylic acids is 3. The molecule has 0 bridgehead atoms. The first-order chi connectivity index (χ1) is 21.3. The maximum absolute atomic E-state index is 11.2. The number of carbonyl (C=O) groups is 6. The molecule has 0 unspecified atom stereocenters. The van der Waals surface area contributed by atoms with Gasteiger partial charge in [-0.2, -0.15) is 11.8 Å². The number of carboxylic acid groups (broad SMARTS) is 3. The Labute approximate surface area is 308 Å². The summed E-state index contributed by atoms with van der Waals surface area (Å²) in [7, 11) is 0. The van der Waals surface area contributed by atoms with Crippen LogP contribution in [0.15, 0.2) is 0 Å². The van der Waals surface area contributed by atoms with Crippen LogP contribution in [0.1, 0.15) is 66.2 Å². The summed E-state index contributed by atoms with van der Waals surface area (Å²) in [5.41, 5.74) is -1.91. The van der Waals surface area contributed by atoms with Gasteiger partial charge in [-0.05, 0) is 12.8 Å². The molecule has 9 N–H and O–H groups in total. The number of hydrogen-bond acceptors (Lipinski definition) is 13. The average Bonchev–Trinajstić information content (AvgIpc) is 3.53. The van der Waals surface area contributed by atoms with Gasteiger partial charge in [-0.3, -0.25) is 14.4 Å². The first-order valence-corrected chi connectivity index (χ1v) is 15.8. The van der Waals surface area contributed by atoms with Crippen LogP contribution in [0.2, 0.25) is 0 Å². The summed E-state index contributed by atoms with van der Waals surface area (Å²) in [6.07, 6.45) is -0.477. The summed E-state index contributed by atoms with van der Waals surface area (Å²) < 4.78 is 0. The zero-order valence-electron chi connectivity index (χ0n) is 27.3. The number of rotatable bonds is 17. The summed E-state index contributed by atoms with van der Waals surface area (Å²) in [4.78, 5) is 64.0. The Morgan fingerprint density at radius 3 is 1.68 bits per heavy atom. The molecule has 5 atom stereocenters. The molecule has 19 heteroatoms. The molecule has 2 saturated heterocycles. The monoisotopic (exact) mass is 720 g/mol. The molecule has 0 aliphatic carbocycles. The predicted molar refractivity (Wildman–Crippen MR) is 166 cm³/mol. The quantitative estimate of drug-likeness (QED) is 0.0390. The van der Waals surface area contributed by atoms with Gasteiger partial charge in [-0.25, -0.2) is 4.79 Å². The van der Waals surface area contributed by atoms with Crippen LogP contribution in [0.4, 0.5) is 4.79 Å². The summed E-state index contributed by atoms with van der Waals surface area (Å²) in [5, 5.41) is 76.0. The molecule has 17 nitrogen and oxygen atoms in total. The predicted octanol–water partition coefficient (Wildman–Crippen LogP) is -4.34. The van der Waals surface area contributed by atoms with E-state index in [4.69, 9.17) is 15.3 Å². The number of unbranched alkanes of at least 4 members (excludes halogenated alkanes) is 1. The molecule has 2 fully saturated rings. The van der Waals surface area contributed by atoms with Gasteiger partial charge >= 0.3 is 49.7 Å². The van der Waals surface area contributed by atoms with E-state index in [-0.39, 0.29) is 101 Å². The second kappa shape index (κ2) is 23.4. The number of thioether (sulfide) groups is 1. The van der Waals surface area contributed by atoms with Crippen molar-refractivity contribution in [3.63, 3.8) is 0 Å². The standard InChI is InChI=1S/C10H16N2O3S.2C9H17NO5.Ca/c13-8(14)4-2-1-3-7-9-6(5-16-7)11-10(15)12-9;2*1-9(2,5-11)7(14)8(15)10-4-3-6(12)13;/h6-7,9H,1-5H2,(H,13,14)(H2,11,12,15);2*7,11,14H,3-5H2,1-2H3,(H,10,15)(H,12,13);/q;;;+2/p-2/t6-,7-,9-;2*7-;/m000./s1. The van der Waals surface area contributed by atoms with Gasteiger partial charge in [-0.1, -0.05) is 34.1 Å². The summed E-state index contributed by atoms with van der Waals surface area (Å²) in [5.74, 6) is -3.71. The van der Waals surface area contributed by atoms with Crippen molar-refractivity contribution in [1.82, 2.24) is 21.3 Å². The Bertz CT molecular complexity index is 984. The Balaban J connectivity index is 0. The van der Waals surface area contributed by atoms with Gasteiger partial charge < -0.3 is 66.6 Å². The number of carbonyl (C=O) groups excluding carboxylic acids is 5. The summed E-state index contributed by atoms with van der Waals surface area (Å²) in [6, 6.07) is 0.440. The van der Waals surface area contributed by atoms with E-state index in [2.05, 4.69) is 21.3 Å². The van der Waals surface area contributed by atoms with Crippen molar-refractivity contribution in [2.45, 2.75) is 95.8 Å². The minimum Gasteiger partial charge on any atom is -0.550 e. The molecule has 2 aliphatic rings. The molecule has 2 aliphatic heterocycles. The number of amides is 4. The number of nitrogens with one attached hydrogen (secondary N) is 4. The van der Waals surface area contributed by atoms with E-state index in [9.17, 15) is 49.2 Å². The maximum atomic E-state index is 11.2. The summed E-state index contributed by atoms with van der Waals surface area (Å²) >= 11 is 1.87. The van der Waals surface area contributed by atoms with Crippen molar-refractivity contribution < 1.29 is 64.5 Å². The van der Waals surface area contributed by atoms with Gasteiger partial charge in [0, 0.05) is 66.1 Å². The molecule has 0 spiro atoms. The second-order valence-electron chi connectivity index (χ2n) is 12.2. The molecule has 0 aromatic heterocycles. The third kappa shape index (κ3) is 19.0. The third-order valence-electron chi connectivity index (χ3n) is 7.12. The number of urea groups is 1. The van der Waals surface area contributed by atoms with E-state index in [0.717, 1.165) is 25.0 Å². The van der Waals surface area contributed by atoms with Gasteiger partial charge in [0.15, 0.2) is 0 Å². The average molecular weight is 721 g/mol. The molecular weight excluding hydrogens is 672 g/mol. The zero-order valence-corrected chi connectivity index (χ0v) is 30.3. The molecular formula is C28H48CaN4O13S. The Hall–Kier alpha value is -1.93. The van der Waals surface area contributed by atoms with E-state index in [1.54, 1.807) is 0 Å². The number of aliphatic carboxylic acids is 3. The van der Waals surface area contributed by atoms with Crippen LogP contribution in [0.5, 0.6) is 0 Å². The van der Waals surface area contributed by atoms with Crippen LogP contribution in [0.3, 0.4) is 0 Å². The SMILES string of the molecule is CC(C)(CO)[C@@H](O)C(=O)NCCC(=O)[O-].CC(C)(CO)[C@@H](O)C(=O)NCCC(=O)[O-].O=C(O)CCCC[C@@H]1SC[C@@H]2NC(=O)N[C@@H]21.[Ca+2]. The van der Waals surface area contributed by atoms with E-state index < -0.39 is 52.8 Å². The minimum atomic E-state index is -1.37. The molecule has 47 heavy (non-hydrogen) atoms. The van der Waals surface area contributed by atoms with Gasteiger partial charge in [0.25, 0.3) is 0 Å². The van der Waals surface area contributed by atoms with Crippen molar-refractivity contribution in [1.29, 1.82) is 0 Å². The first kappa shape index (κ1) is 47.2. The maximum Gasteiger partial charge on any atom is 2.00 e. The van der Waals surface area contributed by atoms with Crippen molar-refractivity contribution >= 4 is 85.3 Å². The minimum absolute atomic E-state index is 0. The number of aliphatic hydroxyl groups is 4. The van der Waals surface area contributed by atoms with Crippen LogP contribution < -0.4 is 31.5 Å². The number of hydrogen-bond donors (Lipinski definition) is 9. The normalized spacial score (nSPS) is 19.4. The van der Waals surface area contributed by atoms with Crippen molar-refractivity contribution in [2.75, 3.05) is 32.1 Å². The zero-order chi connectivity index (χ0) is 35.7. The molecule has 4 amide bonds. The molecule has 2 heterocycles. The fraction of sp³-hybridized carbons (Fsp3) is 0.786. The fourth-order valence-electron chi connectivity index (χ4n) is 3.92. The van der Waals surface area contributed by atoms with Crippen molar-refractivity contribution in [3.8, 4) is 0 Å². The van der Waals surface area contributed by atoms with E-state index >= 15 is 0 Å². The molecule has 0 aromatic carbocycles. The van der Waals surface area contributed by atoms with Crippen LogP contribution in [-0.2, 0) is 24.0 Å². The van der Waals surface area contributed by atoms with Gasteiger partial charge in [-0.15, -0.1) is 0 Å². The summed E-state index contributed by atoms with van der Waals surface area (Å²) in [6.45, 7) is 5.21. The Kier molecular flexibility index (Phi) is 23.5. The second-order valence-corrected chi connectivity index (χ2v) is 13.5. The molecule has 2 rings (SSSR count). The Morgan fingerprint density at radius 1 is 0.851 bits per heavy atom. The van der Waals surface area contributed by atoms with Crippen LogP contribution in [0.25, 0.3) is 0 Å². The van der Waals surface area contributed by atoms with E-state index in [1.807, 2.05) is 11.8 Å². The van der Waals surface area contributed by atoms with Gasteiger partial charge in [0.2, 0.25) is 11.8 Å². The largest absolute Gasteiger partial charge is 2.00 e. The van der Waals surface area contributed by atoms with Gasteiger partial charge in [0.05, 0.1) is 25.3 Å². The first-order valence-electron chi connectivity index (χ1n) is 14.7. The van der Waals surface area contributed by atoms with E-state index in [1.165, 1.54) is 27.7 Å².